The molecule has 0 saturated heterocycles. The van der Waals surface area contributed by atoms with E-state index >= 15 is 0 Å². The molecule has 0 aliphatic carbocycles. The van der Waals surface area contributed by atoms with Crippen LogP contribution in [0.2, 0.25) is 0 Å². The van der Waals surface area contributed by atoms with E-state index in [2.05, 4.69) is 78.9 Å². The summed E-state index contributed by atoms with van der Waals surface area (Å²) in [6, 6.07) is 0. The fourth-order valence-electron chi connectivity index (χ4n) is 4.28. The number of esters is 9. The first-order valence-corrected chi connectivity index (χ1v) is 24.1. The van der Waals surface area contributed by atoms with Gasteiger partial charge in [0.1, 0.15) is 64.9 Å². The number of ether oxygens (including phenoxy) is 10. The predicted octanol–water partition coefficient (Wildman–Crippen LogP) is 1.63. The van der Waals surface area contributed by atoms with Crippen LogP contribution in [0.5, 0.6) is 0 Å². The van der Waals surface area contributed by atoms with Crippen LogP contribution in [0.4, 0.5) is 0 Å². The minimum Gasteiger partial charge on any atom is -0.478 e. The number of carboxylic acid groups (broad SMARTS) is 3. The number of hydrogen-bond donors (Lipinski definition) is 7. The van der Waals surface area contributed by atoms with Crippen molar-refractivity contribution < 1.29 is 141 Å². The fourth-order valence-corrected chi connectivity index (χ4v) is 4.28. The summed E-state index contributed by atoms with van der Waals surface area (Å²) >= 11 is 0. The molecule has 0 unspecified atom stereocenters. The molecule has 0 aromatic carbocycles. The topological polar surface area (TPSA) is 439 Å². The number of aliphatic hydroxyl groups is 4. The largest absolute Gasteiger partial charge is 0.478 e. The number of hydrogen-bond acceptors (Lipinski definition) is 26. The third-order valence-electron chi connectivity index (χ3n) is 9.62. The predicted molar refractivity (Wildman–Crippen MR) is 303 cm³/mol. The lowest BCUT2D eigenvalue weighted by Crippen LogP contribution is -2.46. The maximum absolute atomic E-state index is 11.7. The van der Waals surface area contributed by atoms with E-state index in [0.29, 0.717) is 6.42 Å². The third kappa shape index (κ3) is 47.9. The molecule has 0 aromatic rings. The molecule has 0 atom stereocenters. The lowest BCUT2D eigenvalue weighted by molar-refractivity contribution is -0.169. The summed E-state index contributed by atoms with van der Waals surface area (Å²) in [5.41, 5.74) is -4.88. The Kier molecular flexibility index (Phi) is 54.3. The maximum atomic E-state index is 11.7. The van der Waals surface area contributed by atoms with Gasteiger partial charge in [0.15, 0.2) is 0 Å². The maximum Gasteiger partial charge on any atom is 0.330 e. The molecule has 0 heterocycles. The van der Waals surface area contributed by atoms with Crippen LogP contribution >= 0.6 is 0 Å². The van der Waals surface area contributed by atoms with Crippen LogP contribution in [-0.4, -0.2) is 206 Å². The van der Waals surface area contributed by atoms with Gasteiger partial charge in [0, 0.05) is 78.3 Å². The van der Waals surface area contributed by atoms with Crippen molar-refractivity contribution in [2.45, 2.75) is 13.3 Å². The van der Waals surface area contributed by atoms with Gasteiger partial charge in [0.25, 0.3) is 0 Å². The first kappa shape index (κ1) is 87.6. The summed E-state index contributed by atoms with van der Waals surface area (Å²) in [4.78, 5) is 131. The van der Waals surface area contributed by atoms with Crippen molar-refractivity contribution in [2.24, 2.45) is 21.7 Å². The van der Waals surface area contributed by atoms with Gasteiger partial charge in [-0.1, -0.05) is 85.9 Å². The van der Waals surface area contributed by atoms with Gasteiger partial charge in [-0.3, -0.25) is 0 Å². The van der Waals surface area contributed by atoms with Crippen molar-refractivity contribution in [1.82, 2.24) is 0 Å². The lowest BCUT2D eigenvalue weighted by atomic mass is 9.88. The first-order valence-electron chi connectivity index (χ1n) is 24.1. The van der Waals surface area contributed by atoms with Gasteiger partial charge < -0.3 is 83.1 Å². The van der Waals surface area contributed by atoms with Crippen LogP contribution in [0.25, 0.3) is 0 Å². The van der Waals surface area contributed by atoms with Crippen LogP contribution in [0.3, 0.4) is 0 Å². The molecule has 86 heavy (non-hydrogen) atoms. The molecule has 0 spiro atoms. The summed E-state index contributed by atoms with van der Waals surface area (Å²) in [5, 5.41) is 58.8. The van der Waals surface area contributed by atoms with E-state index in [1.807, 2.05) is 6.92 Å². The second-order valence-electron chi connectivity index (χ2n) is 16.4. The third-order valence-corrected chi connectivity index (χ3v) is 9.62. The van der Waals surface area contributed by atoms with E-state index in [1.165, 1.54) is 0 Å². The van der Waals surface area contributed by atoms with Crippen molar-refractivity contribution in [3.63, 3.8) is 0 Å². The number of carbonyl (C=O) groups is 12. The van der Waals surface area contributed by atoms with E-state index in [1.54, 1.807) is 0 Å². The summed E-state index contributed by atoms with van der Waals surface area (Å²) in [7, 11) is 0. The zero-order valence-corrected chi connectivity index (χ0v) is 47.8. The minimum absolute atomic E-state index is 0.156. The molecule has 480 valence electrons. The molecule has 0 aromatic heterocycles. The summed E-state index contributed by atoms with van der Waals surface area (Å²) < 4.78 is 50.9. The van der Waals surface area contributed by atoms with Crippen LogP contribution in [-0.2, 0) is 105 Å². The average Bonchev–Trinajstić information content (AvgIpc) is 2.69. The van der Waals surface area contributed by atoms with Gasteiger partial charge in [0.05, 0.1) is 50.5 Å². The molecule has 0 amide bonds. The second kappa shape index (κ2) is 53.3. The normalized spacial score (nSPS) is 9.87. The number of carbonyl (C=O) groups excluding carboxylic acids is 9. The van der Waals surface area contributed by atoms with Gasteiger partial charge in [-0.25, -0.2) is 57.5 Å². The van der Waals surface area contributed by atoms with Crippen molar-refractivity contribution >= 4 is 71.6 Å². The average molecular weight is 1230 g/mol. The first-order chi connectivity index (χ1) is 40.4. The Balaban J connectivity index is -0.000000276. The quantitative estimate of drug-likeness (QED) is 0.0261. The van der Waals surface area contributed by atoms with Crippen molar-refractivity contribution in [2.75, 3.05) is 99.1 Å². The summed E-state index contributed by atoms with van der Waals surface area (Å²) in [5.74, 6) is -10.0. The van der Waals surface area contributed by atoms with Gasteiger partial charge in [-0.15, -0.1) is 0 Å². The Morgan fingerprint density at radius 2 is 0.407 bits per heavy atom. The Hall–Kier alpha value is -9.68. The molecule has 0 bridgehead atoms. The highest BCUT2D eigenvalue weighted by atomic mass is 16.6. The van der Waals surface area contributed by atoms with E-state index in [0.717, 1.165) is 72.9 Å². The molecular formula is C57H78O29. The number of rotatable bonds is 39. The van der Waals surface area contributed by atoms with Gasteiger partial charge >= 0.3 is 71.6 Å². The van der Waals surface area contributed by atoms with E-state index in [-0.39, 0.29) is 59.5 Å². The fraction of sp³-hybridized carbons (Fsp3) is 0.368. The molecule has 0 aliphatic rings. The molecule has 0 aliphatic heterocycles. The van der Waals surface area contributed by atoms with E-state index in [4.69, 9.17) is 78.0 Å². The van der Waals surface area contributed by atoms with Crippen LogP contribution in [0, 0.1) is 21.7 Å². The Morgan fingerprint density at radius 3 is 0.523 bits per heavy atom. The number of aliphatic hydroxyl groups excluding tert-OH is 4. The highest BCUT2D eigenvalue weighted by Gasteiger charge is 2.40. The standard InChI is InChI=1S/C25H32O12.C17H20O8.C6H14O3.3C3H4O2/c1-6-19(27)33-14-24(11-26,15-34-20(28)7-2)12-32-13-25(16-35-21(29)8-3,17-36-22(30)9-4)18-37-23(31)10-5;1-5-13(18)22-9-17(10-23-14(19)6-2,11-24-15(20)7-3)12-25-16(21)8-4;1-2-6(3-7,4-8)5-9;3*1-2-3(4)5/h6-10,26H,1-5,11-18H2;5-8H,1-4,9-12H2;7-9H,2-5H2,1H3;3*2H,1H2,(H,4,5). The van der Waals surface area contributed by atoms with E-state index in [9.17, 15) is 62.6 Å². The smallest absolute Gasteiger partial charge is 0.330 e. The minimum atomic E-state index is -1.44. The monoisotopic (exact) mass is 1230 g/mol. The molecule has 7 N–H and O–H groups in total. The van der Waals surface area contributed by atoms with Gasteiger partial charge in [0.2, 0.25) is 0 Å². The number of carboxylic acids is 3. The van der Waals surface area contributed by atoms with Crippen LogP contribution in [0.15, 0.2) is 152 Å². The van der Waals surface area contributed by atoms with Crippen molar-refractivity contribution in [1.29, 1.82) is 0 Å². The molecule has 0 rings (SSSR count). The molecule has 0 fully saturated rings. The zero-order valence-electron chi connectivity index (χ0n) is 47.8. The molecule has 0 saturated carbocycles. The molecule has 29 heteroatoms. The Labute approximate surface area is 497 Å². The molecule has 0 radical (unpaired) electrons. The van der Waals surface area contributed by atoms with Gasteiger partial charge in [-0.05, 0) is 6.42 Å². The van der Waals surface area contributed by atoms with Gasteiger partial charge in [-0.2, -0.15) is 0 Å². The molecule has 29 nitrogen and oxygen atoms in total. The van der Waals surface area contributed by atoms with Crippen LogP contribution in [0.1, 0.15) is 13.3 Å². The summed E-state index contributed by atoms with van der Waals surface area (Å²) in [6.07, 6.45) is 11.3. The van der Waals surface area contributed by atoms with Crippen LogP contribution < -0.4 is 0 Å². The second-order valence-corrected chi connectivity index (χ2v) is 16.4. The summed E-state index contributed by atoms with van der Waals surface area (Å²) in [6.45, 7) is 34.6. The van der Waals surface area contributed by atoms with Crippen molar-refractivity contribution in [3.8, 4) is 0 Å². The zero-order chi connectivity index (χ0) is 67.8. The SMILES string of the molecule is C=CC(=O)O.C=CC(=O)O.C=CC(=O)O.C=CC(=O)OCC(CO)(COCC(COC(=O)C=C)(COC(=O)C=C)COC(=O)C=C)COC(=O)C=C.C=CC(=O)OCC(COC(=O)C=C)(COC(=O)C=C)COC(=O)C=C.CCC(CO)(CO)CO. The highest BCUT2D eigenvalue weighted by Crippen LogP contribution is 2.26. The van der Waals surface area contributed by atoms with E-state index < -0.39 is 133 Å². The Bertz CT molecular complexity index is 2060. The molecular weight excluding hydrogens is 1150 g/mol. The lowest BCUT2D eigenvalue weighted by Gasteiger charge is -2.34. The number of aliphatic carboxylic acids is 3. The highest BCUT2D eigenvalue weighted by molar-refractivity contribution is 5.85. The Morgan fingerprint density at radius 1 is 0.267 bits per heavy atom. The van der Waals surface area contributed by atoms with Crippen molar-refractivity contribution in [3.05, 3.63) is 152 Å².